The monoisotopic (exact) mass is 209 g/mol. The van der Waals surface area contributed by atoms with Crippen molar-refractivity contribution in [1.29, 1.82) is 5.26 Å². The lowest BCUT2D eigenvalue weighted by molar-refractivity contribution is -0.153. The molecule has 0 amide bonds. The maximum absolute atomic E-state index is 11.1. The van der Waals surface area contributed by atoms with E-state index in [2.05, 4.69) is 15.4 Å². The zero-order valence-electron chi connectivity index (χ0n) is 8.36. The third-order valence-electron chi connectivity index (χ3n) is 1.47. The maximum atomic E-state index is 11.1. The zero-order chi connectivity index (χ0) is 11.7. The molecule has 5 nitrogen and oxygen atoms in total. The summed E-state index contributed by atoms with van der Waals surface area (Å²) in [7, 11) is 0. The average Bonchev–Trinajstić information content (AvgIpc) is 2.22. The molecule has 0 fully saturated rings. The summed E-state index contributed by atoms with van der Waals surface area (Å²) in [5, 5.41) is 8.13. The fourth-order valence-electron chi connectivity index (χ4n) is 0.760. The molecule has 0 aromatic heterocycles. The minimum Gasteiger partial charge on any atom is -0.452 e. The topological polar surface area (TPSA) is 76.4 Å². The molecule has 0 saturated carbocycles. The van der Waals surface area contributed by atoms with Crippen LogP contribution in [0.1, 0.15) is 13.3 Å². The van der Waals surface area contributed by atoms with Crippen LogP contribution >= 0.6 is 0 Å². The van der Waals surface area contributed by atoms with Crippen LogP contribution in [0.2, 0.25) is 0 Å². The second-order valence-corrected chi connectivity index (χ2v) is 2.74. The van der Waals surface area contributed by atoms with Gasteiger partial charge in [-0.2, -0.15) is 5.26 Å². The van der Waals surface area contributed by atoms with Gasteiger partial charge < -0.3 is 9.47 Å². The molecule has 0 heterocycles. The lowest BCUT2D eigenvalue weighted by Crippen LogP contribution is -2.19. The van der Waals surface area contributed by atoms with Crippen LogP contribution in [0.5, 0.6) is 0 Å². The van der Waals surface area contributed by atoms with Crippen molar-refractivity contribution in [2.45, 2.75) is 13.3 Å². The number of nitrogens with zero attached hydrogens (tertiary/aromatic N) is 1. The molecule has 0 saturated heterocycles. The summed E-state index contributed by atoms with van der Waals surface area (Å²) in [5.74, 6) is 0.355. The van der Waals surface area contributed by atoms with E-state index in [1.165, 1.54) is 6.92 Å². The number of terminal acetylenes is 1. The normalized spacial score (nSPS) is 10.6. The van der Waals surface area contributed by atoms with Crippen LogP contribution in [0.4, 0.5) is 0 Å². The van der Waals surface area contributed by atoms with Crippen molar-refractivity contribution >= 4 is 11.9 Å². The molecule has 0 bridgehead atoms. The van der Waals surface area contributed by atoms with E-state index in [1.807, 2.05) is 0 Å². The molecule has 0 aromatic rings. The molecule has 80 valence electrons. The zero-order valence-corrected chi connectivity index (χ0v) is 8.36. The molecule has 0 rings (SSSR count). The molecule has 15 heavy (non-hydrogen) atoms. The Hall–Kier alpha value is -2.01. The van der Waals surface area contributed by atoms with Crippen LogP contribution < -0.4 is 0 Å². The second kappa shape index (κ2) is 7.40. The molecular weight excluding hydrogens is 198 g/mol. The molecule has 5 heteroatoms. The summed E-state index contributed by atoms with van der Waals surface area (Å²) in [5.41, 5.74) is 0. The van der Waals surface area contributed by atoms with Crippen LogP contribution in [0.15, 0.2) is 0 Å². The van der Waals surface area contributed by atoms with Gasteiger partial charge >= 0.3 is 11.9 Å². The molecule has 0 aliphatic carbocycles. The number of hydrogen-bond acceptors (Lipinski definition) is 5. The van der Waals surface area contributed by atoms with Crippen LogP contribution in [0, 0.1) is 29.6 Å². The number of esters is 2. The lowest BCUT2D eigenvalue weighted by atomic mass is 10.1. The van der Waals surface area contributed by atoms with E-state index >= 15 is 0 Å². The minimum atomic E-state index is -0.621. The maximum Gasteiger partial charge on any atom is 0.310 e. The minimum absolute atomic E-state index is 0.115. The SMILES string of the molecule is C#CCOC(=O)C(C)CC(=O)OCC#N. The van der Waals surface area contributed by atoms with Gasteiger partial charge in [0.05, 0.1) is 12.3 Å². The van der Waals surface area contributed by atoms with Gasteiger partial charge in [0, 0.05) is 0 Å². The Kier molecular flexibility index (Phi) is 6.41. The first-order chi connectivity index (χ1) is 7.11. The predicted molar refractivity (Wildman–Crippen MR) is 50.1 cm³/mol. The van der Waals surface area contributed by atoms with E-state index in [0.717, 1.165) is 0 Å². The summed E-state index contributed by atoms with van der Waals surface area (Å²) in [6.45, 7) is 1.09. The van der Waals surface area contributed by atoms with E-state index in [1.54, 1.807) is 6.07 Å². The van der Waals surface area contributed by atoms with Crippen molar-refractivity contribution < 1.29 is 19.1 Å². The lowest BCUT2D eigenvalue weighted by Gasteiger charge is -2.08. The van der Waals surface area contributed by atoms with Crippen molar-refractivity contribution in [2.24, 2.45) is 5.92 Å². The third kappa shape index (κ3) is 6.11. The summed E-state index contributed by atoms with van der Waals surface area (Å²) in [6, 6.07) is 1.65. The van der Waals surface area contributed by atoms with Gasteiger partial charge in [-0.15, -0.1) is 6.42 Å². The Morgan fingerprint density at radius 2 is 2.07 bits per heavy atom. The fourth-order valence-corrected chi connectivity index (χ4v) is 0.760. The Bertz CT molecular complexity index is 310. The Labute approximate surface area is 88.0 Å². The highest BCUT2D eigenvalue weighted by Gasteiger charge is 2.18. The Balaban J connectivity index is 3.87. The van der Waals surface area contributed by atoms with E-state index < -0.39 is 17.9 Å². The Morgan fingerprint density at radius 1 is 1.40 bits per heavy atom. The first kappa shape index (κ1) is 13.0. The molecule has 0 aliphatic heterocycles. The number of rotatable bonds is 5. The van der Waals surface area contributed by atoms with E-state index in [-0.39, 0.29) is 19.6 Å². The standard InChI is InChI=1S/C10H11NO4/c1-3-5-15-10(13)8(2)7-9(12)14-6-4-11/h1,8H,5-7H2,2H3. The Morgan fingerprint density at radius 3 is 2.60 bits per heavy atom. The first-order valence-corrected chi connectivity index (χ1v) is 4.24. The summed E-state index contributed by atoms with van der Waals surface area (Å²) in [6.07, 6.45) is 4.77. The van der Waals surface area contributed by atoms with Gasteiger partial charge in [0.2, 0.25) is 0 Å². The summed E-state index contributed by atoms with van der Waals surface area (Å²) in [4.78, 5) is 22.1. The number of hydrogen-bond donors (Lipinski definition) is 0. The van der Waals surface area contributed by atoms with Gasteiger partial charge in [0.1, 0.15) is 6.07 Å². The van der Waals surface area contributed by atoms with Gasteiger partial charge in [-0.05, 0) is 0 Å². The van der Waals surface area contributed by atoms with Crippen LogP contribution in [0.25, 0.3) is 0 Å². The number of carbonyl (C=O) groups excluding carboxylic acids is 2. The van der Waals surface area contributed by atoms with Crippen LogP contribution in [0.3, 0.4) is 0 Å². The highest BCUT2D eigenvalue weighted by molar-refractivity contribution is 5.79. The molecule has 1 atom stereocenters. The number of carbonyl (C=O) groups is 2. The highest BCUT2D eigenvalue weighted by Crippen LogP contribution is 2.05. The highest BCUT2D eigenvalue weighted by atomic mass is 16.5. The number of nitriles is 1. The van der Waals surface area contributed by atoms with Crippen LogP contribution in [-0.2, 0) is 19.1 Å². The van der Waals surface area contributed by atoms with Gasteiger partial charge in [0.25, 0.3) is 0 Å². The fraction of sp³-hybridized carbons (Fsp3) is 0.500. The van der Waals surface area contributed by atoms with Crippen molar-refractivity contribution in [1.82, 2.24) is 0 Å². The summed E-state index contributed by atoms with van der Waals surface area (Å²) >= 11 is 0. The van der Waals surface area contributed by atoms with E-state index in [9.17, 15) is 9.59 Å². The predicted octanol–water partition coefficient (Wildman–Crippen LogP) is 0.256. The van der Waals surface area contributed by atoms with Gasteiger partial charge in [-0.3, -0.25) is 9.59 Å². The summed E-state index contributed by atoms with van der Waals surface area (Å²) < 4.78 is 9.08. The largest absolute Gasteiger partial charge is 0.452 e. The molecule has 1 unspecified atom stereocenters. The van der Waals surface area contributed by atoms with E-state index in [0.29, 0.717) is 0 Å². The third-order valence-corrected chi connectivity index (χ3v) is 1.47. The van der Waals surface area contributed by atoms with Gasteiger partial charge in [0.15, 0.2) is 13.2 Å². The van der Waals surface area contributed by atoms with Crippen molar-refractivity contribution in [3.8, 4) is 18.4 Å². The quantitative estimate of drug-likeness (QED) is 0.479. The van der Waals surface area contributed by atoms with Gasteiger partial charge in [-0.25, -0.2) is 0 Å². The number of ether oxygens (including phenoxy) is 2. The van der Waals surface area contributed by atoms with Gasteiger partial charge in [-0.1, -0.05) is 12.8 Å². The molecule has 0 N–H and O–H groups in total. The van der Waals surface area contributed by atoms with Crippen molar-refractivity contribution in [3.05, 3.63) is 0 Å². The average molecular weight is 209 g/mol. The van der Waals surface area contributed by atoms with Crippen molar-refractivity contribution in [3.63, 3.8) is 0 Å². The smallest absolute Gasteiger partial charge is 0.310 e. The molecule has 0 aliphatic rings. The molecule has 0 spiro atoms. The molecule has 0 radical (unpaired) electrons. The van der Waals surface area contributed by atoms with Crippen LogP contribution in [-0.4, -0.2) is 25.2 Å². The van der Waals surface area contributed by atoms with E-state index in [4.69, 9.17) is 11.7 Å². The molecule has 0 aromatic carbocycles. The molecular formula is C10H11NO4. The van der Waals surface area contributed by atoms with Crippen molar-refractivity contribution in [2.75, 3.05) is 13.2 Å². The first-order valence-electron chi connectivity index (χ1n) is 4.24. The second-order valence-electron chi connectivity index (χ2n) is 2.74.